The highest BCUT2D eigenvalue weighted by molar-refractivity contribution is 8.00. The van der Waals surface area contributed by atoms with E-state index in [1.54, 1.807) is 19.2 Å². The fraction of sp³-hybridized carbons (Fsp3) is 0.462. The fourth-order valence-corrected chi connectivity index (χ4v) is 5.95. The molecule has 12 heteroatoms. The Morgan fingerprint density at radius 3 is 2.34 bits per heavy atom. The highest BCUT2D eigenvalue weighted by atomic mass is 35.5. The van der Waals surface area contributed by atoms with Gasteiger partial charge >= 0.3 is 6.18 Å². The number of rotatable bonds is 4. The molecular weight excluding hydrogens is 543 g/mol. The predicted octanol–water partition coefficient (Wildman–Crippen LogP) is 6.80. The number of aliphatic carboxylic acids is 1. The highest BCUT2D eigenvalue weighted by Crippen LogP contribution is 2.55. The minimum atomic E-state index is -4.53. The van der Waals surface area contributed by atoms with Gasteiger partial charge in [0.1, 0.15) is 17.3 Å². The first-order valence-corrected chi connectivity index (χ1v) is 13.5. The standard InChI is InChI=1S/C22H21ClF3N3O2S.C2H4O2.C2H6/c1-30-15-5-3-4-13(18(15)11-6-7-11)20-14-8-12(23)9-16(31-2)19(14)29-17(10-32-20)27-28-21(29)22(24,25)26;1-2(3)4;1-2/h3-5,8-9,11,20-21,28H,6-7,10H2,1-2H3;1H3,(H,3,4);1-2H3/t20-,21?;;/m1../s1. The maximum absolute atomic E-state index is 13.9. The number of hydrogen-bond donors (Lipinski definition) is 2. The van der Waals surface area contributed by atoms with Crippen molar-refractivity contribution in [3.05, 3.63) is 52.0 Å². The summed E-state index contributed by atoms with van der Waals surface area (Å²) in [6.07, 6.45) is -4.38. The second-order valence-corrected chi connectivity index (χ2v) is 9.99. The summed E-state index contributed by atoms with van der Waals surface area (Å²) in [6.45, 7) is 5.08. The van der Waals surface area contributed by atoms with Crippen LogP contribution in [0.3, 0.4) is 0 Å². The molecule has 2 atom stereocenters. The molecule has 0 spiro atoms. The number of alkyl halides is 3. The van der Waals surface area contributed by atoms with Gasteiger partial charge in [-0.15, -0.1) is 11.8 Å². The number of carboxylic acid groups (broad SMARTS) is 1. The molecule has 3 aliphatic rings. The third-order valence-corrected chi connectivity index (χ3v) is 7.43. The summed E-state index contributed by atoms with van der Waals surface area (Å²) < 4.78 is 52.9. The first-order chi connectivity index (χ1) is 18.1. The zero-order valence-electron chi connectivity index (χ0n) is 21.7. The molecule has 2 heterocycles. The Bertz CT molecular complexity index is 1190. The van der Waals surface area contributed by atoms with Gasteiger partial charge < -0.3 is 14.6 Å². The van der Waals surface area contributed by atoms with Crippen molar-refractivity contribution in [2.75, 3.05) is 24.9 Å². The summed E-state index contributed by atoms with van der Waals surface area (Å²) in [6, 6.07) is 9.17. The summed E-state index contributed by atoms with van der Waals surface area (Å²) in [5, 5.41) is 11.6. The van der Waals surface area contributed by atoms with E-state index < -0.39 is 18.3 Å². The van der Waals surface area contributed by atoms with Crippen molar-refractivity contribution in [2.24, 2.45) is 5.10 Å². The first-order valence-electron chi connectivity index (χ1n) is 12.1. The first kappa shape index (κ1) is 29.8. The zero-order chi connectivity index (χ0) is 28.2. The molecule has 2 N–H and O–H groups in total. The van der Waals surface area contributed by atoms with Crippen LogP contribution in [0, 0.1) is 0 Å². The summed E-state index contributed by atoms with van der Waals surface area (Å²) in [5.41, 5.74) is 5.40. The molecule has 0 bridgehead atoms. The lowest BCUT2D eigenvalue weighted by Gasteiger charge is -2.31. The monoisotopic (exact) mass is 573 g/mol. The number of hydrogen-bond acceptors (Lipinski definition) is 7. The van der Waals surface area contributed by atoms with Gasteiger partial charge in [-0.1, -0.05) is 37.6 Å². The maximum Gasteiger partial charge on any atom is 0.429 e. The molecule has 1 fully saturated rings. The van der Waals surface area contributed by atoms with Gasteiger partial charge in [0.05, 0.1) is 30.9 Å². The van der Waals surface area contributed by atoms with Crippen LogP contribution in [0.4, 0.5) is 18.9 Å². The number of benzene rings is 2. The third-order valence-electron chi connectivity index (χ3n) is 5.94. The number of thioether (sulfide) groups is 1. The topological polar surface area (TPSA) is 83.4 Å². The summed E-state index contributed by atoms with van der Waals surface area (Å²) in [7, 11) is 3.08. The molecule has 1 aliphatic carbocycles. The van der Waals surface area contributed by atoms with Crippen LogP contribution in [-0.2, 0) is 4.79 Å². The van der Waals surface area contributed by atoms with E-state index in [4.69, 9.17) is 31.0 Å². The van der Waals surface area contributed by atoms with Gasteiger partial charge in [-0.2, -0.15) is 18.3 Å². The molecule has 0 saturated heterocycles. The van der Waals surface area contributed by atoms with E-state index in [1.165, 1.54) is 23.8 Å². The Labute approximate surface area is 229 Å². The van der Waals surface area contributed by atoms with Crippen molar-refractivity contribution in [2.45, 2.75) is 57.1 Å². The van der Waals surface area contributed by atoms with Crippen molar-refractivity contribution in [1.82, 2.24) is 5.43 Å². The smallest absolute Gasteiger partial charge is 0.429 e. The highest BCUT2D eigenvalue weighted by Gasteiger charge is 2.51. The molecule has 2 aromatic carbocycles. The second kappa shape index (κ2) is 12.4. The molecule has 2 aromatic rings. The van der Waals surface area contributed by atoms with Crippen LogP contribution in [0.1, 0.15) is 61.5 Å². The van der Waals surface area contributed by atoms with Gasteiger partial charge in [0.2, 0.25) is 6.17 Å². The van der Waals surface area contributed by atoms with Crippen LogP contribution in [0.25, 0.3) is 0 Å². The molecule has 5 rings (SSSR count). The largest absolute Gasteiger partial charge is 0.496 e. The number of halogens is 4. The molecule has 208 valence electrons. The molecule has 2 aliphatic heterocycles. The summed E-state index contributed by atoms with van der Waals surface area (Å²) in [4.78, 5) is 10.2. The van der Waals surface area contributed by atoms with Crippen molar-refractivity contribution >= 4 is 40.9 Å². The van der Waals surface area contributed by atoms with Gasteiger partial charge in [0.15, 0.2) is 0 Å². The van der Waals surface area contributed by atoms with Crippen LogP contribution in [-0.4, -0.2) is 49.2 Å². The van der Waals surface area contributed by atoms with E-state index in [1.807, 2.05) is 32.0 Å². The van der Waals surface area contributed by atoms with Gasteiger partial charge in [-0.3, -0.25) is 15.1 Å². The number of nitrogens with one attached hydrogen (secondary N) is 1. The minimum absolute atomic E-state index is 0.259. The Morgan fingerprint density at radius 2 is 1.79 bits per heavy atom. The number of fused-ring (bicyclic) bond motifs is 3. The fourth-order valence-electron chi connectivity index (χ4n) is 4.47. The van der Waals surface area contributed by atoms with Gasteiger partial charge in [0.25, 0.3) is 5.97 Å². The molecule has 7 nitrogen and oxygen atoms in total. The van der Waals surface area contributed by atoms with Crippen molar-refractivity contribution in [3.63, 3.8) is 0 Å². The van der Waals surface area contributed by atoms with Crippen LogP contribution < -0.4 is 19.8 Å². The summed E-state index contributed by atoms with van der Waals surface area (Å²) >= 11 is 7.93. The molecular formula is C26H31ClF3N3O4S. The van der Waals surface area contributed by atoms with E-state index in [2.05, 4.69) is 10.5 Å². The number of anilines is 1. The number of carboxylic acids is 1. The van der Waals surface area contributed by atoms with Crippen molar-refractivity contribution in [3.8, 4) is 11.5 Å². The van der Waals surface area contributed by atoms with Crippen molar-refractivity contribution in [1.29, 1.82) is 0 Å². The number of carbonyl (C=O) groups is 1. The maximum atomic E-state index is 13.9. The van der Waals surface area contributed by atoms with Crippen LogP contribution in [0.5, 0.6) is 11.5 Å². The van der Waals surface area contributed by atoms with Crippen molar-refractivity contribution < 1.29 is 32.5 Å². The van der Waals surface area contributed by atoms with Crippen LogP contribution in [0.15, 0.2) is 35.4 Å². The Morgan fingerprint density at radius 1 is 1.16 bits per heavy atom. The molecule has 0 radical (unpaired) electrons. The Kier molecular flexibility index (Phi) is 9.69. The Balaban J connectivity index is 0.000000612. The number of nitrogens with zero attached hydrogens (tertiary/aromatic N) is 2. The second-order valence-electron chi connectivity index (χ2n) is 8.46. The van der Waals surface area contributed by atoms with Gasteiger partial charge in [-0.25, -0.2) is 0 Å². The van der Waals surface area contributed by atoms with E-state index in [0.29, 0.717) is 33.8 Å². The van der Waals surface area contributed by atoms with E-state index in [0.717, 1.165) is 36.6 Å². The molecule has 0 aromatic heterocycles. The summed E-state index contributed by atoms with van der Waals surface area (Å²) in [5.74, 6) is 1.23. The Hall–Kier alpha value is -2.79. The zero-order valence-corrected chi connectivity index (χ0v) is 23.3. The molecule has 38 heavy (non-hydrogen) atoms. The molecule has 0 amide bonds. The SMILES string of the molecule is CC.CC(=O)O.COc1cccc([C@H]2SCC3=NNC(C(F)(F)F)N3c3c(OC)cc(Cl)cc32)c1C1CC1. The van der Waals surface area contributed by atoms with Gasteiger partial charge in [-0.05, 0) is 42.0 Å². The van der Waals surface area contributed by atoms with E-state index in [-0.39, 0.29) is 11.0 Å². The molecule has 1 saturated carbocycles. The number of amidine groups is 1. The lowest BCUT2D eigenvalue weighted by atomic mass is 9.94. The average molecular weight is 574 g/mol. The van der Waals surface area contributed by atoms with E-state index >= 15 is 0 Å². The lowest BCUT2D eigenvalue weighted by molar-refractivity contribution is -0.151. The van der Waals surface area contributed by atoms with Gasteiger partial charge in [0, 0.05) is 23.6 Å². The predicted molar refractivity (Wildman–Crippen MR) is 145 cm³/mol. The average Bonchev–Trinajstić information content (AvgIpc) is 3.64. The number of hydrazone groups is 1. The quantitative estimate of drug-likeness (QED) is 0.416. The number of methoxy groups -OCH3 is 2. The minimum Gasteiger partial charge on any atom is -0.496 e. The van der Waals surface area contributed by atoms with Crippen LogP contribution in [0.2, 0.25) is 5.02 Å². The van der Waals surface area contributed by atoms with Crippen LogP contribution >= 0.6 is 23.4 Å². The normalized spacial score (nSPS) is 19.7. The molecule has 1 unspecified atom stereocenters. The van der Waals surface area contributed by atoms with E-state index in [9.17, 15) is 13.2 Å². The lowest BCUT2D eigenvalue weighted by Crippen LogP contribution is -2.51. The third kappa shape index (κ3) is 6.26. The number of ether oxygens (including phenoxy) is 2.